The Labute approximate surface area is 144 Å². The molecule has 7 heteroatoms. The van der Waals surface area contributed by atoms with Crippen LogP contribution in [0.2, 0.25) is 0 Å². The maximum atomic E-state index is 13.1. The van der Waals surface area contributed by atoms with E-state index in [1.54, 1.807) is 31.4 Å². The summed E-state index contributed by atoms with van der Waals surface area (Å²) in [6.45, 7) is 1.32. The van der Waals surface area contributed by atoms with Crippen LogP contribution in [-0.2, 0) is 7.05 Å². The summed E-state index contributed by atoms with van der Waals surface area (Å²) in [5, 5.41) is 12.4. The molecule has 1 aliphatic heterocycles. The van der Waals surface area contributed by atoms with Crippen molar-refractivity contribution in [1.29, 1.82) is 0 Å². The number of likely N-dealkylation sites (tertiary alicyclic amines) is 1. The predicted octanol–water partition coefficient (Wildman–Crippen LogP) is 1.68. The van der Waals surface area contributed by atoms with Gasteiger partial charge in [0.25, 0.3) is 11.5 Å². The lowest BCUT2D eigenvalue weighted by atomic mass is 9.94. The van der Waals surface area contributed by atoms with E-state index in [0.717, 1.165) is 18.5 Å². The zero-order chi connectivity index (χ0) is 17.4. The minimum Gasteiger partial charge on any atom is -0.337 e. The van der Waals surface area contributed by atoms with Crippen LogP contribution in [0.5, 0.6) is 0 Å². The molecule has 25 heavy (non-hydrogen) atoms. The highest BCUT2D eigenvalue weighted by molar-refractivity contribution is 6.04. The quantitative estimate of drug-likeness (QED) is 0.771. The highest BCUT2D eigenvalue weighted by atomic mass is 16.2. The van der Waals surface area contributed by atoms with Crippen molar-refractivity contribution in [1.82, 2.24) is 24.9 Å². The van der Waals surface area contributed by atoms with E-state index in [4.69, 9.17) is 0 Å². The molecule has 0 spiro atoms. The molecule has 1 N–H and O–H groups in total. The average molecular weight is 337 g/mol. The molecule has 0 aliphatic carbocycles. The summed E-state index contributed by atoms with van der Waals surface area (Å²) in [4.78, 5) is 27.2. The van der Waals surface area contributed by atoms with Crippen molar-refractivity contribution in [3.05, 3.63) is 58.3 Å². The molecule has 1 unspecified atom stereocenters. The SMILES string of the molecule is Cn1nc(C(=O)N2CCCC(c3ccn[nH]3)C2)c2ccccc2c1=O. The minimum atomic E-state index is -0.193. The second-order valence-corrected chi connectivity index (χ2v) is 6.43. The van der Waals surface area contributed by atoms with Gasteiger partial charge in [0.1, 0.15) is 0 Å². The Morgan fingerprint density at radius 2 is 2.04 bits per heavy atom. The van der Waals surface area contributed by atoms with Gasteiger partial charge in [-0.1, -0.05) is 18.2 Å². The molecular weight excluding hydrogens is 318 g/mol. The fraction of sp³-hybridized carbons (Fsp3) is 0.333. The number of benzene rings is 1. The number of amides is 1. The van der Waals surface area contributed by atoms with Crippen LogP contribution in [0.25, 0.3) is 10.8 Å². The van der Waals surface area contributed by atoms with Crippen molar-refractivity contribution in [3.8, 4) is 0 Å². The van der Waals surface area contributed by atoms with Crippen molar-refractivity contribution < 1.29 is 4.79 Å². The Balaban J connectivity index is 1.70. The molecule has 1 atom stereocenters. The first-order valence-corrected chi connectivity index (χ1v) is 8.40. The van der Waals surface area contributed by atoms with Crippen LogP contribution in [0.1, 0.15) is 34.9 Å². The molecule has 0 bridgehead atoms. The lowest BCUT2D eigenvalue weighted by Crippen LogP contribution is -2.40. The summed E-state index contributed by atoms with van der Waals surface area (Å²) in [7, 11) is 1.58. The topological polar surface area (TPSA) is 83.9 Å². The van der Waals surface area contributed by atoms with E-state index in [1.165, 1.54) is 4.68 Å². The Kier molecular flexibility index (Phi) is 3.83. The fourth-order valence-corrected chi connectivity index (χ4v) is 3.52. The van der Waals surface area contributed by atoms with Gasteiger partial charge in [0.15, 0.2) is 5.69 Å². The molecule has 1 aliphatic rings. The molecule has 1 fully saturated rings. The Bertz CT molecular complexity index is 977. The third kappa shape index (κ3) is 2.71. The molecule has 3 heterocycles. The summed E-state index contributed by atoms with van der Waals surface area (Å²) in [6.07, 6.45) is 3.69. The number of carbonyl (C=O) groups is 1. The van der Waals surface area contributed by atoms with Gasteiger partial charge in [0.2, 0.25) is 0 Å². The molecule has 1 aromatic carbocycles. The second kappa shape index (κ2) is 6.16. The average Bonchev–Trinajstić information content (AvgIpc) is 3.19. The van der Waals surface area contributed by atoms with Gasteiger partial charge in [-0.05, 0) is 25.0 Å². The van der Waals surface area contributed by atoms with Gasteiger partial charge < -0.3 is 4.90 Å². The first kappa shape index (κ1) is 15.6. The first-order chi connectivity index (χ1) is 12.1. The lowest BCUT2D eigenvalue weighted by Gasteiger charge is -2.32. The largest absolute Gasteiger partial charge is 0.337 e. The number of fused-ring (bicyclic) bond motifs is 1. The lowest BCUT2D eigenvalue weighted by molar-refractivity contribution is 0.0699. The van der Waals surface area contributed by atoms with Crippen molar-refractivity contribution in [2.24, 2.45) is 7.05 Å². The zero-order valence-corrected chi connectivity index (χ0v) is 14.0. The minimum absolute atomic E-state index is 0.129. The van der Waals surface area contributed by atoms with Gasteiger partial charge in [-0.2, -0.15) is 10.2 Å². The van der Waals surface area contributed by atoms with Crippen LogP contribution >= 0.6 is 0 Å². The molecule has 3 aromatic rings. The van der Waals surface area contributed by atoms with Gasteiger partial charge in [-0.15, -0.1) is 0 Å². The predicted molar refractivity (Wildman–Crippen MR) is 93.5 cm³/mol. The maximum absolute atomic E-state index is 13.1. The number of hydrogen-bond acceptors (Lipinski definition) is 4. The number of nitrogens with zero attached hydrogens (tertiary/aromatic N) is 4. The van der Waals surface area contributed by atoms with Crippen LogP contribution in [0.15, 0.2) is 41.3 Å². The smallest absolute Gasteiger partial charge is 0.274 e. The monoisotopic (exact) mass is 337 g/mol. The summed E-state index contributed by atoms with van der Waals surface area (Å²) in [5.74, 6) is 0.120. The third-order valence-corrected chi connectivity index (χ3v) is 4.83. The van der Waals surface area contributed by atoms with Crippen molar-refractivity contribution in [2.45, 2.75) is 18.8 Å². The first-order valence-electron chi connectivity index (χ1n) is 8.40. The van der Waals surface area contributed by atoms with Gasteiger partial charge >= 0.3 is 0 Å². The van der Waals surface area contributed by atoms with Crippen LogP contribution in [0.3, 0.4) is 0 Å². The van der Waals surface area contributed by atoms with Gasteiger partial charge in [0.05, 0.1) is 5.39 Å². The summed E-state index contributed by atoms with van der Waals surface area (Å²) >= 11 is 0. The number of hydrogen-bond donors (Lipinski definition) is 1. The van der Waals surface area contributed by atoms with Crippen molar-refractivity contribution in [3.63, 3.8) is 0 Å². The van der Waals surface area contributed by atoms with Gasteiger partial charge in [-0.3, -0.25) is 14.7 Å². The molecule has 7 nitrogen and oxygen atoms in total. The molecule has 4 rings (SSSR count). The summed E-state index contributed by atoms with van der Waals surface area (Å²) < 4.78 is 1.24. The van der Waals surface area contributed by atoms with Crippen LogP contribution in [0, 0.1) is 0 Å². The number of piperidine rings is 1. The van der Waals surface area contributed by atoms with Crippen LogP contribution in [0.4, 0.5) is 0 Å². The Hall–Kier alpha value is -2.96. The zero-order valence-electron chi connectivity index (χ0n) is 14.0. The van der Waals surface area contributed by atoms with Gasteiger partial charge in [0, 0.05) is 43.3 Å². The highest BCUT2D eigenvalue weighted by Gasteiger charge is 2.28. The number of aromatic amines is 1. The maximum Gasteiger partial charge on any atom is 0.274 e. The Morgan fingerprint density at radius 1 is 1.24 bits per heavy atom. The normalized spacial score (nSPS) is 17.8. The van der Waals surface area contributed by atoms with Crippen molar-refractivity contribution >= 4 is 16.7 Å². The van der Waals surface area contributed by atoms with E-state index >= 15 is 0 Å². The van der Waals surface area contributed by atoms with E-state index in [1.807, 2.05) is 17.0 Å². The third-order valence-electron chi connectivity index (χ3n) is 4.83. The molecule has 1 amide bonds. The number of nitrogens with one attached hydrogen (secondary N) is 1. The number of aromatic nitrogens is 4. The standard InChI is InChI=1S/C18H19N5O2/c1-22-17(24)14-7-3-2-6-13(14)16(21-22)18(25)23-10-4-5-12(11-23)15-8-9-19-20-15/h2-3,6-9,12H,4-5,10-11H2,1H3,(H,19,20). The summed E-state index contributed by atoms with van der Waals surface area (Å²) in [5.41, 5.74) is 1.19. The highest BCUT2D eigenvalue weighted by Crippen LogP contribution is 2.26. The molecule has 0 saturated carbocycles. The van der Waals surface area contributed by atoms with Gasteiger partial charge in [-0.25, -0.2) is 4.68 Å². The number of aryl methyl sites for hydroxylation is 1. The number of H-pyrrole nitrogens is 1. The molecule has 0 radical (unpaired) electrons. The molecule has 1 saturated heterocycles. The fourth-order valence-electron chi connectivity index (χ4n) is 3.52. The molecular formula is C18H19N5O2. The van der Waals surface area contributed by atoms with E-state index in [0.29, 0.717) is 29.6 Å². The van der Waals surface area contributed by atoms with Crippen LogP contribution in [-0.4, -0.2) is 43.9 Å². The second-order valence-electron chi connectivity index (χ2n) is 6.43. The Morgan fingerprint density at radius 3 is 2.80 bits per heavy atom. The van der Waals surface area contributed by atoms with Crippen molar-refractivity contribution in [2.75, 3.05) is 13.1 Å². The van der Waals surface area contributed by atoms with E-state index < -0.39 is 0 Å². The number of carbonyl (C=O) groups excluding carboxylic acids is 1. The summed E-state index contributed by atoms with van der Waals surface area (Å²) in [6, 6.07) is 9.10. The number of rotatable bonds is 2. The van der Waals surface area contributed by atoms with Crippen LogP contribution < -0.4 is 5.56 Å². The molecule has 2 aromatic heterocycles. The van der Waals surface area contributed by atoms with E-state index in [9.17, 15) is 9.59 Å². The van der Waals surface area contributed by atoms with E-state index in [2.05, 4.69) is 15.3 Å². The van der Waals surface area contributed by atoms with E-state index in [-0.39, 0.29) is 17.4 Å². The molecule has 128 valence electrons.